The average Bonchev–Trinajstić information content (AvgIpc) is 2.53. The lowest BCUT2D eigenvalue weighted by atomic mass is 9.88. The third-order valence-electron chi connectivity index (χ3n) is 4.53. The maximum atomic E-state index is 5.46. The molecule has 0 spiro atoms. The molecule has 1 aromatic carbocycles. The third kappa shape index (κ3) is 3.70. The van der Waals surface area contributed by atoms with Crippen LogP contribution < -0.4 is 10.1 Å². The minimum Gasteiger partial charge on any atom is -0.496 e. The predicted molar refractivity (Wildman–Crippen MR) is 88.7 cm³/mol. The molecule has 0 aliphatic heterocycles. The zero-order valence-corrected chi connectivity index (χ0v) is 13.8. The summed E-state index contributed by atoms with van der Waals surface area (Å²) >= 11 is 2.05. The van der Waals surface area contributed by atoms with Gasteiger partial charge in [-0.3, -0.25) is 0 Å². The maximum Gasteiger partial charge on any atom is 0.123 e. The van der Waals surface area contributed by atoms with Gasteiger partial charge in [0.15, 0.2) is 0 Å². The van der Waals surface area contributed by atoms with Crippen LogP contribution in [0.3, 0.4) is 0 Å². The molecule has 2 rings (SSSR count). The largest absolute Gasteiger partial charge is 0.496 e. The molecule has 1 unspecified atom stereocenters. The fourth-order valence-electron chi connectivity index (χ4n) is 3.12. The molecular formula is C17H27NOS. The number of hydrogen-bond acceptors (Lipinski definition) is 3. The molecule has 112 valence electrons. The van der Waals surface area contributed by atoms with Crippen molar-refractivity contribution in [2.24, 2.45) is 0 Å². The Morgan fingerprint density at radius 1 is 1.25 bits per heavy atom. The first kappa shape index (κ1) is 15.7. The second-order valence-electron chi connectivity index (χ2n) is 5.79. The van der Waals surface area contributed by atoms with E-state index in [1.165, 1.54) is 37.7 Å². The normalized spacial score (nSPS) is 19.6. The molecule has 0 bridgehead atoms. The highest BCUT2D eigenvalue weighted by molar-refractivity contribution is 8.00. The van der Waals surface area contributed by atoms with Crippen LogP contribution in [0.4, 0.5) is 0 Å². The second kappa shape index (κ2) is 7.37. The van der Waals surface area contributed by atoms with E-state index in [2.05, 4.69) is 30.6 Å². The topological polar surface area (TPSA) is 21.3 Å². The first-order chi connectivity index (χ1) is 9.71. The summed E-state index contributed by atoms with van der Waals surface area (Å²) in [4.78, 5) is 0. The van der Waals surface area contributed by atoms with Crippen LogP contribution in [-0.2, 0) is 0 Å². The Hall–Kier alpha value is -0.670. The van der Waals surface area contributed by atoms with Crippen LogP contribution in [0.25, 0.3) is 0 Å². The van der Waals surface area contributed by atoms with Crippen molar-refractivity contribution in [2.45, 2.75) is 49.8 Å². The monoisotopic (exact) mass is 293 g/mol. The van der Waals surface area contributed by atoms with Crippen molar-refractivity contribution in [3.05, 3.63) is 29.8 Å². The van der Waals surface area contributed by atoms with Crippen LogP contribution in [-0.4, -0.2) is 24.7 Å². The van der Waals surface area contributed by atoms with Gasteiger partial charge in [-0.2, -0.15) is 11.8 Å². The molecule has 1 aliphatic carbocycles. The number of thioether (sulfide) groups is 1. The lowest BCUT2D eigenvalue weighted by Crippen LogP contribution is -2.40. The van der Waals surface area contributed by atoms with Crippen LogP contribution in [0, 0.1) is 0 Å². The Morgan fingerprint density at radius 2 is 1.95 bits per heavy atom. The fourth-order valence-corrected chi connectivity index (χ4v) is 4.05. The molecule has 1 N–H and O–H groups in total. The Bertz CT molecular complexity index is 415. The first-order valence-electron chi connectivity index (χ1n) is 7.62. The fraction of sp³-hybridized carbons (Fsp3) is 0.647. The predicted octanol–water partition coefficient (Wildman–Crippen LogP) is 4.41. The van der Waals surface area contributed by atoms with Crippen molar-refractivity contribution < 1.29 is 4.74 Å². The van der Waals surface area contributed by atoms with Gasteiger partial charge in [-0.1, -0.05) is 37.5 Å². The molecule has 1 atom stereocenters. The molecule has 0 amide bonds. The van der Waals surface area contributed by atoms with Gasteiger partial charge in [0.25, 0.3) is 0 Å². The van der Waals surface area contributed by atoms with Gasteiger partial charge in [-0.15, -0.1) is 0 Å². The Kier molecular flexibility index (Phi) is 5.79. The van der Waals surface area contributed by atoms with Crippen LogP contribution in [0.15, 0.2) is 24.3 Å². The molecule has 20 heavy (non-hydrogen) atoms. The van der Waals surface area contributed by atoms with Crippen molar-refractivity contribution in [3.63, 3.8) is 0 Å². The zero-order valence-electron chi connectivity index (χ0n) is 12.9. The van der Waals surface area contributed by atoms with Gasteiger partial charge >= 0.3 is 0 Å². The Labute approximate surface area is 127 Å². The molecule has 3 heteroatoms. The van der Waals surface area contributed by atoms with Gasteiger partial charge in [0.05, 0.1) is 7.11 Å². The number of ether oxygens (including phenoxy) is 1. The highest BCUT2D eigenvalue weighted by atomic mass is 32.2. The van der Waals surface area contributed by atoms with Crippen molar-refractivity contribution >= 4 is 11.8 Å². The first-order valence-corrected chi connectivity index (χ1v) is 8.85. The summed E-state index contributed by atoms with van der Waals surface area (Å²) in [6, 6.07) is 8.64. The van der Waals surface area contributed by atoms with E-state index in [1.807, 2.05) is 23.9 Å². The van der Waals surface area contributed by atoms with Crippen molar-refractivity contribution in [3.8, 4) is 5.75 Å². The van der Waals surface area contributed by atoms with E-state index in [1.54, 1.807) is 7.11 Å². The van der Waals surface area contributed by atoms with E-state index in [0.717, 1.165) is 12.3 Å². The molecule has 2 nitrogen and oxygen atoms in total. The summed E-state index contributed by atoms with van der Waals surface area (Å²) in [6.07, 6.45) is 9.13. The van der Waals surface area contributed by atoms with Crippen molar-refractivity contribution in [2.75, 3.05) is 19.9 Å². The van der Waals surface area contributed by atoms with Gasteiger partial charge in [-0.05, 0) is 32.1 Å². The number of para-hydroxylation sites is 1. The number of benzene rings is 1. The quantitative estimate of drug-likeness (QED) is 0.839. The van der Waals surface area contributed by atoms with Crippen LogP contribution in [0.1, 0.15) is 50.6 Å². The number of hydrogen-bond donors (Lipinski definition) is 1. The number of nitrogens with one attached hydrogen (secondary N) is 1. The van der Waals surface area contributed by atoms with E-state index >= 15 is 0 Å². The summed E-state index contributed by atoms with van der Waals surface area (Å²) in [5, 5.41) is 3.73. The molecule has 1 fully saturated rings. The maximum absolute atomic E-state index is 5.46. The summed E-state index contributed by atoms with van der Waals surface area (Å²) in [7, 11) is 1.75. The molecular weight excluding hydrogens is 266 g/mol. The average molecular weight is 293 g/mol. The molecule has 0 heterocycles. The summed E-state index contributed by atoms with van der Waals surface area (Å²) in [5.74, 6) is 0.981. The summed E-state index contributed by atoms with van der Waals surface area (Å²) < 4.78 is 5.90. The Balaban J connectivity index is 1.98. The van der Waals surface area contributed by atoms with Crippen molar-refractivity contribution in [1.82, 2.24) is 5.32 Å². The number of methoxy groups -OCH3 is 1. The lowest BCUT2D eigenvalue weighted by molar-refractivity contribution is 0.361. The van der Waals surface area contributed by atoms with Gasteiger partial charge in [0.1, 0.15) is 5.75 Å². The van der Waals surface area contributed by atoms with E-state index in [4.69, 9.17) is 4.74 Å². The molecule has 1 aromatic rings. The highest BCUT2D eigenvalue weighted by Gasteiger charge is 2.31. The third-order valence-corrected chi connectivity index (χ3v) is 5.95. The van der Waals surface area contributed by atoms with E-state index in [-0.39, 0.29) is 0 Å². The van der Waals surface area contributed by atoms with Crippen LogP contribution in [0.2, 0.25) is 0 Å². The molecule has 0 aromatic heterocycles. The van der Waals surface area contributed by atoms with Crippen LogP contribution in [0.5, 0.6) is 5.75 Å². The van der Waals surface area contributed by atoms with Gasteiger partial charge in [-0.25, -0.2) is 0 Å². The minimum absolute atomic E-state index is 0.331. The molecule has 1 aliphatic rings. The van der Waals surface area contributed by atoms with E-state index in [0.29, 0.717) is 10.8 Å². The number of rotatable bonds is 6. The van der Waals surface area contributed by atoms with Crippen molar-refractivity contribution in [1.29, 1.82) is 0 Å². The lowest BCUT2D eigenvalue weighted by Gasteiger charge is -2.37. The van der Waals surface area contributed by atoms with E-state index in [9.17, 15) is 0 Å². The molecule has 0 saturated heterocycles. The molecule has 1 saturated carbocycles. The molecule has 0 radical (unpaired) electrons. The second-order valence-corrected chi connectivity index (χ2v) is 7.07. The van der Waals surface area contributed by atoms with Crippen LogP contribution >= 0.6 is 11.8 Å². The summed E-state index contributed by atoms with van der Waals surface area (Å²) in [6.45, 7) is 3.32. The minimum atomic E-state index is 0.331. The van der Waals surface area contributed by atoms with Gasteiger partial charge in [0.2, 0.25) is 0 Å². The Morgan fingerprint density at radius 3 is 2.60 bits per heavy atom. The standard InChI is InChI=1S/C17H27NOS/c1-14(15-9-5-6-10-16(15)19-2)18-13-17(20-3)11-7-4-8-12-17/h5-6,9-10,14,18H,4,7-8,11-13H2,1-3H3. The smallest absolute Gasteiger partial charge is 0.123 e. The van der Waals surface area contributed by atoms with Gasteiger partial charge in [0, 0.05) is 22.9 Å². The van der Waals surface area contributed by atoms with Gasteiger partial charge < -0.3 is 10.1 Å². The highest BCUT2D eigenvalue weighted by Crippen LogP contribution is 2.38. The van der Waals surface area contributed by atoms with E-state index < -0.39 is 0 Å². The SMILES string of the molecule is COc1ccccc1C(C)NCC1(SC)CCCCC1. The summed E-state index contributed by atoms with van der Waals surface area (Å²) in [5.41, 5.74) is 1.25. The zero-order chi connectivity index (χ0) is 14.4.